The van der Waals surface area contributed by atoms with Gasteiger partial charge in [-0.2, -0.15) is 0 Å². The third kappa shape index (κ3) is 2.56. The van der Waals surface area contributed by atoms with E-state index < -0.39 is 0 Å². The highest BCUT2D eigenvalue weighted by Crippen LogP contribution is 2.32. The van der Waals surface area contributed by atoms with Crippen LogP contribution in [0.15, 0.2) is 0 Å². The minimum absolute atomic E-state index is 0. The Labute approximate surface area is 132 Å². The molecule has 1 aromatic rings. The first-order chi connectivity index (χ1) is 10.5. The summed E-state index contributed by atoms with van der Waals surface area (Å²) in [5, 5.41) is 3.36. The first kappa shape index (κ1) is 15.2. The Kier molecular flexibility index (Phi) is 4.04. The molecular formula is C16H26N4O2. The normalized spacial score (nSPS) is 21.5. The van der Waals surface area contributed by atoms with Gasteiger partial charge in [0, 0.05) is 27.0 Å². The molecule has 2 aliphatic rings. The number of rotatable bonds is 2. The number of carbonyl (C=O) groups excluding carboxylic acids is 1. The predicted octanol–water partition coefficient (Wildman–Crippen LogP) is 1.92. The van der Waals surface area contributed by atoms with Gasteiger partial charge in [-0.05, 0) is 5.92 Å². The average Bonchev–Trinajstić information content (AvgIpc) is 2.64. The highest BCUT2D eigenvalue weighted by Gasteiger charge is 2.35. The fourth-order valence-electron chi connectivity index (χ4n) is 3.00. The van der Waals surface area contributed by atoms with Crippen molar-refractivity contribution in [2.45, 2.75) is 45.6 Å². The lowest BCUT2D eigenvalue weighted by Gasteiger charge is -2.35. The molecule has 3 rings (SSSR count). The van der Waals surface area contributed by atoms with E-state index in [-0.39, 0.29) is 25.3 Å². The van der Waals surface area contributed by atoms with Crippen LogP contribution < -0.4 is 10.2 Å². The number of piperazine rings is 1. The van der Waals surface area contributed by atoms with E-state index in [4.69, 9.17) is 9.72 Å². The van der Waals surface area contributed by atoms with Gasteiger partial charge in [-0.1, -0.05) is 27.7 Å². The number of nitrogens with zero attached hydrogens (tertiary/aromatic N) is 3. The third-order valence-electron chi connectivity index (χ3n) is 4.23. The molecule has 0 bridgehead atoms. The smallest absolute Gasteiger partial charge is 0.343 e. The van der Waals surface area contributed by atoms with Crippen LogP contribution in [-0.2, 0) is 4.74 Å². The summed E-state index contributed by atoms with van der Waals surface area (Å²) in [6.45, 7) is 11.2. The summed E-state index contributed by atoms with van der Waals surface area (Å²) in [7, 11) is 0. The molecule has 0 amide bonds. The SMILES string of the molecule is CC(C)c1nc(C(C)C)c2c(n1)N1CCNCC1COC2=O.[HH]. The molecule has 1 fully saturated rings. The van der Waals surface area contributed by atoms with Crippen LogP contribution in [0.1, 0.15) is 62.8 Å². The van der Waals surface area contributed by atoms with Gasteiger partial charge in [0.2, 0.25) is 0 Å². The van der Waals surface area contributed by atoms with Crippen molar-refractivity contribution >= 4 is 11.8 Å². The number of hydrogen-bond acceptors (Lipinski definition) is 6. The first-order valence-electron chi connectivity index (χ1n) is 8.05. The fraction of sp³-hybridized carbons (Fsp3) is 0.688. The van der Waals surface area contributed by atoms with Crippen LogP contribution in [-0.4, -0.2) is 48.2 Å². The van der Waals surface area contributed by atoms with Gasteiger partial charge in [0.25, 0.3) is 0 Å². The van der Waals surface area contributed by atoms with Gasteiger partial charge in [0.15, 0.2) is 0 Å². The van der Waals surface area contributed by atoms with Crippen LogP contribution in [0.5, 0.6) is 0 Å². The van der Waals surface area contributed by atoms with Crippen molar-refractivity contribution in [2.75, 3.05) is 31.1 Å². The molecule has 6 nitrogen and oxygen atoms in total. The van der Waals surface area contributed by atoms with E-state index in [9.17, 15) is 4.79 Å². The van der Waals surface area contributed by atoms with Crippen LogP contribution >= 0.6 is 0 Å². The van der Waals surface area contributed by atoms with E-state index in [2.05, 4.69) is 42.9 Å². The van der Waals surface area contributed by atoms with Crippen LogP contribution in [0, 0.1) is 0 Å². The summed E-state index contributed by atoms with van der Waals surface area (Å²) in [4.78, 5) is 24.1. The Bertz CT molecular complexity index is 592. The van der Waals surface area contributed by atoms with Crippen molar-refractivity contribution in [1.29, 1.82) is 0 Å². The van der Waals surface area contributed by atoms with Gasteiger partial charge in [-0.25, -0.2) is 14.8 Å². The molecule has 0 saturated carbocycles. The van der Waals surface area contributed by atoms with Gasteiger partial charge >= 0.3 is 5.97 Å². The Hall–Kier alpha value is -1.69. The maximum absolute atomic E-state index is 12.5. The molecule has 2 aliphatic heterocycles. The molecular weight excluding hydrogens is 280 g/mol. The van der Waals surface area contributed by atoms with Gasteiger partial charge < -0.3 is 15.0 Å². The molecule has 22 heavy (non-hydrogen) atoms. The number of hydrogen-bond donors (Lipinski definition) is 1. The van der Waals surface area contributed by atoms with Gasteiger partial charge in [0.05, 0.1) is 11.7 Å². The summed E-state index contributed by atoms with van der Waals surface area (Å²) >= 11 is 0. The van der Waals surface area contributed by atoms with Crippen molar-refractivity contribution < 1.29 is 11.0 Å². The van der Waals surface area contributed by atoms with Gasteiger partial charge in [0.1, 0.15) is 23.8 Å². The van der Waals surface area contributed by atoms with Crippen LogP contribution in [0.25, 0.3) is 0 Å². The molecule has 1 unspecified atom stereocenters. The number of cyclic esters (lactones) is 1. The van der Waals surface area contributed by atoms with Crippen molar-refractivity contribution in [3.05, 3.63) is 17.1 Å². The number of carbonyl (C=O) groups is 1. The fourth-order valence-corrected chi connectivity index (χ4v) is 3.00. The van der Waals surface area contributed by atoms with Crippen molar-refractivity contribution in [3.63, 3.8) is 0 Å². The molecule has 0 spiro atoms. The molecule has 3 heterocycles. The highest BCUT2D eigenvalue weighted by molar-refractivity contribution is 5.97. The lowest BCUT2D eigenvalue weighted by molar-refractivity contribution is 0.0488. The summed E-state index contributed by atoms with van der Waals surface area (Å²) in [5.74, 6) is 1.65. The van der Waals surface area contributed by atoms with Gasteiger partial charge in [-0.15, -0.1) is 0 Å². The average molecular weight is 306 g/mol. The topological polar surface area (TPSA) is 67.3 Å². The molecule has 1 saturated heterocycles. The number of nitrogens with one attached hydrogen (secondary N) is 1. The lowest BCUT2D eigenvalue weighted by atomic mass is 10.0. The first-order valence-corrected chi connectivity index (χ1v) is 8.05. The quantitative estimate of drug-likeness (QED) is 0.842. The Morgan fingerprint density at radius 3 is 2.73 bits per heavy atom. The van der Waals surface area contributed by atoms with Crippen molar-refractivity contribution in [1.82, 2.24) is 15.3 Å². The van der Waals surface area contributed by atoms with Crippen molar-refractivity contribution in [2.24, 2.45) is 0 Å². The highest BCUT2D eigenvalue weighted by atomic mass is 16.5. The molecule has 1 N–H and O–H groups in total. The van der Waals surface area contributed by atoms with E-state index >= 15 is 0 Å². The Balaban J connectivity index is 0.00000192. The zero-order valence-corrected chi connectivity index (χ0v) is 13.7. The minimum Gasteiger partial charge on any atom is -0.460 e. The largest absolute Gasteiger partial charge is 0.460 e. The predicted molar refractivity (Wildman–Crippen MR) is 86.6 cm³/mol. The number of anilines is 1. The summed E-state index contributed by atoms with van der Waals surface area (Å²) in [5.41, 5.74) is 1.36. The zero-order chi connectivity index (χ0) is 15.9. The van der Waals surface area contributed by atoms with E-state index in [0.717, 1.165) is 37.0 Å². The molecule has 0 aliphatic carbocycles. The third-order valence-corrected chi connectivity index (χ3v) is 4.23. The van der Waals surface area contributed by atoms with Gasteiger partial charge in [-0.3, -0.25) is 0 Å². The van der Waals surface area contributed by atoms with E-state index in [1.807, 2.05) is 0 Å². The second-order valence-electron chi connectivity index (χ2n) is 6.62. The summed E-state index contributed by atoms with van der Waals surface area (Å²) in [6, 6.07) is 0.147. The Morgan fingerprint density at radius 1 is 1.27 bits per heavy atom. The minimum atomic E-state index is -0.289. The van der Waals surface area contributed by atoms with E-state index in [1.54, 1.807) is 0 Å². The number of aromatic nitrogens is 2. The maximum atomic E-state index is 12.5. The summed E-state index contributed by atoms with van der Waals surface area (Å²) in [6.07, 6.45) is 0. The van der Waals surface area contributed by atoms with Crippen molar-refractivity contribution in [3.8, 4) is 0 Å². The second kappa shape index (κ2) is 5.83. The molecule has 6 heteroatoms. The Morgan fingerprint density at radius 2 is 2.05 bits per heavy atom. The van der Waals surface area contributed by atoms with Crippen LogP contribution in [0.3, 0.4) is 0 Å². The van der Waals surface area contributed by atoms with Crippen LogP contribution in [0.4, 0.5) is 5.82 Å². The number of ether oxygens (including phenoxy) is 1. The monoisotopic (exact) mass is 306 g/mol. The molecule has 1 atom stereocenters. The molecule has 122 valence electrons. The molecule has 0 aromatic carbocycles. The lowest BCUT2D eigenvalue weighted by Crippen LogP contribution is -2.53. The van der Waals surface area contributed by atoms with E-state index in [1.165, 1.54) is 0 Å². The number of fused-ring (bicyclic) bond motifs is 3. The van der Waals surface area contributed by atoms with Crippen LogP contribution in [0.2, 0.25) is 0 Å². The maximum Gasteiger partial charge on any atom is 0.343 e. The zero-order valence-electron chi connectivity index (χ0n) is 13.7. The molecule has 0 radical (unpaired) electrons. The molecule has 1 aromatic heterocycles. The van der Waals surface area contributed by atoms with E-state index in [0.29, 0.717) is 12.2 Å². The number of esters is 1. The summed E-state index contributed by atoms with van der Waals surface area (Å²) < 4.78 is 5.49. The second-order valence-corrected chi connectivity index (χ2v) is 6.62. The standard InChI is InChI=1S/C16H24N4O2.H2/c1-9(2)13-12-15(19-14(18-13)10(3)4)20-6-5-17-7-11(20)8-22-16(12)21;/h9-11,17H,5-8H2,1-4H3;1H.